The predicted molar refractivity (Wildman–Crippen MR) is 90.6 cm³/mol. The van der Waals surface area contributed by atoms with Crippen molar-refractivity contribution in [2.75, 3.05) is 27.0 Å². The molecule has 4 rings (SSSR count). The number of methoxy groups -OCH3 is 1. The molecule has 0 unspecified atom stereocenters. The molecule has 2 aliphatic heterocycles. The van der Waals surface area contributed by atoms with Crippen LogP contribution in [0.3, 0.4) is 0 Å². The molecule has 25 heavy (non-hydrogen) atoms. The molecule has 0 spiro atoms. The number of ether oxygens (including phenoxy) is 3. The zero-order chi connectivity index (χ0) is 17.4. The van der Waals surface area contributed by atoms with Gasteiger partial charge in [0.1, 0.15) is 29.8 Å². The Morgan fingerprint density at radius 2 is 2.16 bits per heavy atom. The summed E-state index contributed by atoms with van der Waals surface area (Å²) in [6.07, 6.45) is 1.63. The van der Waals surface area contributed by atoms with E-state index in [4.69, 9.17) is 18.6 Å². The fraction of sp³-hybridized carbons (Fsp3) is 0.316. The van der Waals surface area contributed by atoms with Gasteiger partial charge in [0.2, 0.25) is 5.78 Å². The number of hydrogen-bond donors (Lipinski definition) is 0. The second kappa shape index (κ2) is 6.38. The number of ketones is 1. The van der Waals surface area contributed by atoms with Crippen molar-refractivity contribution in [1.29, 1.82) is 0 Å². The van der Waals surface area contributed by atoms with Gasteiger partial charge in [-0.05, 0) is 31.2 Å². The Morgan fingerprint density at radius 3 is 2.92 bits per heavy atom. The van der Waals surface area contributed by atoms with Gasteiger partial charge in [-0.25, -0.2) is 0 Å². The van der Waals surface area contributed by atoms with Crippen LogP contribution < -0.4 is 9.47 Å². The van der Waals surface area contributed by atoms with Crippen molar-refractivity contribution in [2.45, 2.75) is 13.5 Å². The number of rotatable bonds is 4. The van der Waals surface area contributed by atoms with E-state index in [1.807, 2.05) is 25.1 Å². The lowest BCUT2D eigenvalue weighted by Crippen LogP contribution is -2.34. The standard InChI is InChI=1S/C19H19NO5/c1-12-3-4-13(24-12)9-17-18(21)14-5-6-16-15(19(14)25-17)10-20(11-23-16)7-8-22-2/h3-6,9H,7-8,10-11H2,1-2H3/b17-9-. The van der Waals surface area contributed by atoms with E-state index in [9.17, 15) is 4.79 Å². The molecule has 2 aromatic rings. The summed E-state index contributed by atoms with van der Waals surface area (Å²) in [7, 11) is 1.67. The van der Waals surface area contributed by atoms with E-state index in [1.54, 1.807) is 19.3 Å². The van der Waals surface area contributed by atoms with E-state index in [-0.39, 0.29) is 11.5 Å². The number of Topliss-reactive ketones (excluding diaryl/α,β-unsaturated/α-hetero) is 1. The highest BCUT2D eigenvalue weighted by Gasteiger charge is 2.33. The smallest absolute Gasteiger partial charge is 0.232 e. The lowest BCUT2D eigenvalue weighted by Gasteiger charge is -2.29. The molecule has 0 saturated carbocycles. The van der Waals surface area contributed by atoms with Gasteiger partial charge in [0.25, 0.3) is 0 Å². The van der Waals surface area contributed by atoms with Gasteiger partial charge in [-0.2, -0.15) is 0 Å². The Hall–Kier alpha value is -2.57. The minimum absolute atomic E-state index is 0.138. The largest absolute Gasteiger partial charge is 0.478 e. The molecule has 0 N–H and O–H groups in total. The first-order valence-electron chi connectivity index (χ1n) is 8.16. The molecule has 0 saturated heterocycles. The summed E-state index contributed by atoms with van der Waals surface area (Å²) in [6, 6.07) is 7.26. The zero-order valence-corrected chi connectivity index (χ0v) is 14.2. The van der Waals surface area contributed by atoms with Crippen LogP contribution in [-0.4, -0.2) is 37.7 Å². The third kappa shape index (κ3) is 2.94. The van der Waals surface area contributed by atoms with Crippen molar-refractivity contribution in [1.82, 2.24) is 4.90 Å². The van der Waals surface area contributed by atoms with Crippen LogP contribution in [0.1, 0.15) is 27.4 Å². The highest BCUT2D eigenvalue weighted by atomic mass is 16.5. The van der Waals surface area contributed by atoms with Crippen LogP contribution in [0.2, 0.25) is 0 Å². The fourth-order valence-corrected chi connectivity index (χ4v) is 3.03. The number of carbonyl (C=O) groups excluding carboxylic acids is 1. The first-order chi connectivity index (χ1) is 12.2. The van der Waals surface area contributed by atoms with Crippen molar-refractivity contribution in [3.8, 4) is 11.5 Å². The van der Waals surface area contributed by atoms with Crippen LogP contribution in [0.25, 0.3) is 6.08 Å². The van der Waals surface area contributed by atoms with Crippen LogP contribution in [-0.2, 0) is 11.3 Å². The molecule has 1 aromatic carbocycles. The first-order valence-corrected chi connectivity index (χ1v) is 8.16. The molecule has 0 radical (unpaired) electrons. The number of carbonyl (C=O) groups is 1. The molecule has 1 aromatic heterocycles. The summed E-state index contributed by atoms with van der Waals surface area (Å²) < 4.78 is 22.3. The van der Waals surface area contributed by atoms with E-state index in [1.165, 1.54) is 0 Å². The summed E-state index contributed by atoms with van der Waals surface area (Å²) in [5.41, 5.74) is 1.46. The highest BCUT2D eigenvalue weighted by molar-refractivity contribution is 6.14. The topological polar surface area (TPSA) is 61.1 Å². The highest BCUT2D eigenvalue weighted by Crippen LogP contribution is 2.41. The number of fused-ring (bicyclic) bond motifs is 3. The Kier molecular flexibility index (Phi) is 4.07. The van der Waals surface area contributed by atoms with Crippen LogP contribution in [0.4, 0.5) is 0 Å². The van der Waals surface area contributed by atoms with Crippen LogP contribution >= 0.6 is 0 Å². The SMILES string of the molecule is COCCN1COc2ccc3c(c2C1)O/C(=C\c1ccc(C)o1)C3=O. The van der Waals surface area contributed by atoms with E-state index < -0.39 is 0 Å². The Bertz CT molecular complexity index is 851. The quantitative estimate of drug-likeness (QED) is 0.797. The minimum Gasteiger partial charge on any atom is -0.478 e. The average Bonchev–Trinajstić information content (AvgIpc) is 3.17. The summed E-state index contributed by atoms with van der Waals surface area (Å²) in [6.45, 7) is 4.38. The number of allylic oxidation sites excluding steroid dienone is 1. The van der Waals surface area contributed by atoms with E-state index in [0.29, 0.717) is 37.0 Å². The molecule has 0 fully saturated rings. The second-order valence-electron chi connectivity index (χ2n) is 6.13. The molecular weight excluding hydrogens is 322 g/mol. The molecular formula is C19H19NO5. The molecule has 130 valence electrons. The van der Waals surface area contributed by atoms with Gasteiger partial charge in [-0.15, -0.1) is 0 Å². The third-order valence-corrected chi connectivity index (χ3v) is 4.33. The lowest BCUT2D eigenvalue weighted by atomic mass is 10.0. The van der Waals surface area contributed by atoms with Crippen molar-refractivity contribution in [3.63, 3.8) is 0 Å². The Morgan fingerprint density at radius 1 is 1.28 bits per heavy atom. The van der Waals surface area contributed by atoms with Gasteiger partial charge in [0.15, 0.2) is 5.76 Å². The summed E-state index contributed by atoms with van der Waals surface area (Å²) >= 11 is 0. The molecule has 3 heterocycles. The molecule has 2 aliphatic rings. The molecule has 0 aliphatic carbocycles. The monoisotopic (exact) mass is 341 g/mol. The van der Waals surface area contributed by atoms with Crippen LogP contribution in [0.5, 0.6) is 11.5 Å². The van der Waals surface area contributed by atoms with Gasteiger partial charge >= 0.3 is 0 Å². The molecule has 6 heteroatoms. The maximum absolute atomic E-state index is 12.6. The van der Waals surface area contributed by atoms with Crippen molar-refractivity contribution in [2.24, 2.45) is 0 Å². The lowest BCUT2D eigenvalue weighted by molar-refractivity contribution is 0.0646. The molecule has 0 bridgehead atoms. The fourth-order valence-electron chi connectivity index (χ4n) is 3.03. The zero-order valence-electron chi connectivity index (χ0n) is 14.2. The van der Waals surface area contributed by atoms with E-state index in [0.717, 1.165) is 23.6 Å². The number of aryl methyl sites for hydroxylation is 1. The Balaban J connectivity index is 1.64. The van der Waals surface area contributed by atoms with Gasteiger partial charge < -0.3 is 18.6 Å². The van der Waals surface area contributed by atoms with Crippen molar-refractivity contribution in [3.05, 3.63) is 52.7 Å². The summed E-state index contributed by atoms with van der Waals surface area (Å²) in [5, 5.41) is 0. The first kappa shape index (κ1) is 15.9. The van der Waals surface area contributed by atoms with Crippen LogP contribution in [0, 0.1) is 6.92 Å². The summed E-state index contributed by atoms with van der Waals surface area (Å²) in [4.78, 5) is 14.7. The molecule has 0 atom stereocenters. The second-order valence-corrected chi connectivity index (χ2v) is 6.13. The van der Waals surface area contributed by atoms with E-state index >= 15 is 0 Å². The van der Waals surface area contributed by atoms with E-state index in [2.05, 4.69) is 4.90 Å². The van der Waals surface area contributed by atoms with Gasteiger partial charge in [-0.3, -0.25) is 9.69 Å². The number of hydrogen-bond acceptors (Lipinski definition) is 6. The predicted octanol–water partition coefficient (Wildman–Crippen LogP) is 3.00. The number of nitrogens with zero attached hydrogens (tertiary/aromatic N) is 1. The van der Waals surface area contributed by atoms with Crippen LogP contribution in [0.15, 0.2) is 34.4 Å². The Labute approximate surface area is 145 Å². The van der Waals surface area contributed by atoms with Gasteiger partial charge in [0, 0.05) is 26.3 Å². The number of benzene rings is 1. The maximum atomic E-state index is 12.6. The van der Waals surface area contributed by atoms with Crippen molar-refractivity contribution < 1.29 is 23.4 Å². The third-order valence-electron chi connectivity index (χ3n) is 4.33. The molecule has 6 nitrogen and oxygen atoms in total. The maximum Gasteiger partial charge on any atom is 0.232 e. The van der Waals surface area contributed by atoms with Gasteiger partial charge in [-0.1, -0.05) is 0 Å². The number of furan rings is 1. The average molecular weight is 341 g/mol. The normalized spacial score (nSPS) is 18.0. The van der Waals surface area contributed by atoms with Crippen molar-refractivity contribution >= 4 is 11.9 Å². The van der Waals surface area contributed by atoms with Gasteiger partial charge in [0.05, 0.1) is 17.7 Å². The molecule has 0 amide bonds. The summed E-state index contributed by atoms with van der Waals surface area (Å²) in [5.74, 6) is 2.86. The minimum atomic E-state index is -0.138.